The number of hydrogen-bond donors (Lipinski definition) is 1. The Balaban J connectivity index is 1.48. The molecule has 4 rings (SSSR count). The molecular weight excluding hydrogens is 274 g/mol. The van der Waals surface area contributed by atoms with Crippen LogP contribution in [0.1, 0.15) is 18.4 Å². The van der Waals surface area contributed by atoms with Gasteiger partial charge in [-0.1, -0.05) is 42.5 Å². The van der Waals surface area contributed by atoms with Crippen molar-refractivity contribution in [1.82, 2.24) is 5.32 Å². The highest BCUT2D eigenvalue weighted by Crippen LogP contribution is 2.26. The van der Waals surface area contributed by atoms with Crippen molar-refractivity contribution >= 4 is 16.6 Å². The lowest BCUT2D eigenvalue weighted by atomic mass is 9.82. The molecule has 2 aromatic carbocycles. The van der Waals surface area contributed by atoms with Gasteiger partial charge in [0.25, 0.3) is 0 Å². The number of morpholine rings is 1. The zero-order valence-corrected chi connectivity index (χ0v) is 12.6. The van der Waals surface area contributed by atoms with Crippen molar-refractivity contribution in [2.75, 3.05) is 13.2 Å². The number of Topliss-reactive ketones (excluding diaryl/α,β-unsaturated/α-hetero) is 1. The van der Waals surface area contributed by atoms with E-state index < -0.39 is 0 Å². The fourth-order valence-corrected chi connectivity index (χ4v) is 3.79. The molecule has 1 N–H and O–H groups in total. The second-order valence-electron chi connectivity index (χ2n) is 6.59. The topological polar surface area (TPSA) is 38.3 Å². The Labute approximate surface area is 130 Å². The maximum absolute atomic E-state index is 12.7. The van der Waals surface area contributed by atoms with Crippen LogP contribution in [-0.2, 0) is 16.0 Å². The maximum Gasteiger partial charge on any atom is 0.140 e. The molecule has 2 aliphatic rings. The first-order valence-corrected chi connectivity index (χ1v) is 8.12. The van der Waals surface area contributed by atoms with Gasteiger partial charge in [0.1, 0.15) is 5.78 Å². The largest absolute Gasteiger partial charge is 0.378 e. The Kier molecular flexibility index (Phi) is 3.68. The third-order valence-corrected chi connectivity index (χ3v) is 4.90. The number of hydrogen-bond acceptors (Lipinski definition) is 3. The molecule has 2 atom stereocenters. The molecule has 2 unspecified atom stereocenters. The minimum Gasteiger partial charge on any atom is -0.378 e. The second kappa shape index (κ2) is 5.82. The number of carbonyl (C=O) groups is 1. The lowest BCUT2D eigenvalue weighted by Crippen LogP contribution is -2.55. The molecule has 3 nitrogen and oxygen atoms in total. The summed E-state index contributed by atoms with van der Waals surface area (Å²) in [5.74, 6) is 0.570. The zero-order chi connectivity index (χ0) is 14.9. The molecule has 0 saturated carbocycles. The standard InChI is InChI=1S/C19H21NO2/c21-19(16-9-17-11-22-12-18(10-16)20-17)8-13-5-6-14-3-1-2-4-15(14)7-13/h1-7,16-18,20H,8-12H2. The van der Waals surface area contributed by atoms with Gasteiger partial charge in [-0.2, -0.15) is 0 Å². The van der Waals surface area contributed by atoms with Crippen LogP contribution in [0.25, 0.3) is 10.8 Å². The number of piperidine rings is 1. The van der Waals surface area contributed by atoms with Crippen LogP contribution in [0.4, 0.5) is 0 Å². The van der Waals surface area contributed by atoms with Gasteiger partial charge in [-0.15, -0.1) is 0 Å². The lowest BCUT2D eigenvalue weighted by molar-refractivity contribution is -0.125. The average Bonchev–Trinajstić information content (AvgIpc) is 2.54. The monoisotopic (exact) mass is 295 g/mol. The predicted octanol–water partition coefficient (Wildman–Crippen LogP) is 2.72. The minimum absolute atomic E-state index is 0.187. The first-order chi connectivity index (χ1) is 10.8. The third kappa shape index (κ3) is 2.79. The Hall–Kier alpha value is -1.71. The summed E-state index contributed by atoms with van der Waals surface area (Å²) in [6.07, 6.45) is 2.39. The van der Waals surface area contributed by atoms with Crippen LogP contribution in [-0.4, -0.2) is 31.1 Å². The summed E-state index contributed by atoms with van der Waals surface area (Å²) in [5, 5.41) is 5.99. The molecule has 0 radical (unpaired) electrons. The van der Waals surface area contributed by atoms with Gasteiger partial charge in [0, 0.05) is 24.4 Å². The molecule has 0 aliphatic carbocycles. The molecule has 0 amide bonds. The van der Waals surface area contributed by atoms with Gasteiger partial charge in [0.2, 0.25) is 0 Å². The van der Waals surface area contributed by atoms with Crippen LogP contribution < -0.4 is 5.32 Å². The van der Waals surface area contributed by atoms with E-state index in [4.69, 9.17) is 4.74 Å². The number of ether oxygens (including phenoxy) is 1. The van der Waals surface area contributed by atoms with Crippen molar-refractivity contribution in [2.45, 2.75) is 31.3 Å². The van der Waals surface area contributed by atoms with Crippen LogP contribution in [0.15, 0.2) is 42.5 Å². The summed E-state index contributed by atoms with van der Waals surface area (Å²) in [7, 11) is 0. The molecule has 2 aromatic rings. The number of ketones is 1. The van der Waals surface area contributed by atoms with Crippen molar-refractivity contribution < 1.29 is 9.53 Å². The fraction of sp³-hybridized carbons (Fsp3) is 0.421. The van der Waals surface area contributed by atoms with Crippen molar-refractivity contribution in [3.63, 3.8) is 0 Å². The normalized spacial score (nSPS) is 27.7. The number of nitrogens with one attached hydrogen (secondary N) is 1. The molecule has 114 valence electrons. The van der Waals surface area contributed by atoms with Gasteiger partial charge in [-0.3, -0.25) is 4.79 Å². The minimum atomic E-state index is 0.187. The Morgan fingerprint density at radius 1 is 1.05 bits per heavy atom. The average molecular weight is 295 g/mol. The Morgan fingerprint density at radius 3 is 2.55 bits per heavy atom. The highest BCUT2D eigenvalue weighted by molar-refractivity contribution is 5.87. The summed E-state index contributed by atoms with van der Waals surface area (Å²) in [6.45, 7) is 1.49. The second-order valence-corrected chi connectivity index (χ2v) is 6.59. The smallest absolute Gasteiger partial charge is 0.140 e. The number of rotatable bonds is 3. The molecule has 2 bridgehead atoms. The molecule has 2 saturated heterocycles. The third-order valence-electron chi connectivity index (χ3n) is 4.90. The molecule has 3 heteroatoms. The van der Waals surface area contributed by atoms with Gasteiger partial charge in [0.05, 0.1) is 13.2 Å². The molecule has 2 heterocycles. The lowest BCUT2D eigenvalue weighted by Gasteiger charge is -2.39. The van der Waals surface area contributed by atoms with E-state index in [0.29, 0.717) is 24.3 Å². The molecule has 2 aliphatic heterocycles. The number of fused-ring (bicyclic) bond motifs is 3. The first kappa shape index (κ1) is 13.9. The Bertz CT molecular complexity index is 685. The molecule has 0 spiro atoms. The Morgan fingerprint density at radius 2 is 1.77 bits per heavy atom. The first-order valence-electron chi connectivity index (χ1n) is 8.12. The molecular formula is C19H21NO2. The van der Waals surface area contributed by atoms with E-state index in [1.165, 1.54) is 10.8 Å². The van der Waals surface area contributed by atoms with Gasteiger partial charge in [0.15, 0.2) is 0 Å². The fourth-order valence-electron chi connectivity index (χ4n) is 3.79. The van der Waals surface area contributed by atoms with Gasteiger partial charge in [-0.05, 0) is 29.2 Å². The van der Waals surface area contributed by atoms with Gasteiger partial charge < -0.3 is 10.1 Å². The van der Waals surface area contributed by atoms with Crippen molar-refractivity contribution in [1.29, 1.82) is 0 Å². The van der Waals surface area contributed by atoms with Crippen LogP contribution in [0.3, 0.4) is 0 Å². The summed E-state index contributed by atoms with van der Waals surface area (Å²) in [4.78, 5) is 12.7. The summed E-state index contributed by atoms with van der Waals surface area (Å²) < 4.78 is 5.56. The maximum atomic E-state index is 12.7. The zero-order valence-electron chi connectivity index (χ0n) is 12.6. The summed E-state index contributed by atoms with van der Waals surface area (Å²) in [6, 6.07) is 15.4. The van der Waals surface area contributed by atoms with Crippen LogP contribution >= 0.6 is 0 Å². The van der Waals surface area contributed by atoms with E-state index in [0.717, 1.165) is 31.6 Å². The van der Waals surface area contributed by atoms with E-state index in [9.17, 15) is 4.79 Å². The van der Waals surface area contributed by atoms with E-state index in [1.807, 2.05) is 12.1 Å². The number of carbonyl (C=O) groups excluding carboxylic acids is 1. The summed E-state index contributed by atoms with van der Waals surface area (Å²) in [5.41, 5.74) is 1.13. The van der Waals surface area contributed by atoms with Gasteiger partial charge >= 0.3 is 0 Å². The van der Waals surface area contributed by atoms with Crippen LogP contribution in [0, 0.1) is 5.92 Å². The van der Waals surface area contributed by atoms with Crippen LogP contribution in [0.5, 0.6) is 0 Å². The van der Waals surface area contributed by atoms with Gasteiger partial charge in [-0.25, -0.2) is 0 Å². The highest BCUT2D eigenvalue weighted by atomic mass is 16.5. The molecule has 2 fully saturated rings. The quantitative estimate of drug-likeness (QED) is 0.946. The molecule has 22 heavy (non-hydrogen) atoms. The van der Waals surface area contributed by atoms with Crippen molar-refractivity contribution in [3.8, 4) is 0 Å². The van der Waals surface area contributed by atoms with E-state index >= 15 is 0 Å². The van der Waals surface area contributed by atoms with E-state index in [-0.39, 0.29) is 5.92 Å². The van der Waals surface area contributed by atoms with E-state index in [2.05, 4.69) is 35.6 Å². The predicted molar refractivity (Wildman–Crippen MR) is 86.9 cm³/mol. The molecule has 0 aromatic heterocycles. The van der Waals surface area contributed by atoms with Crippen molar-refractivity contribution in [3.05, 3.63) is 48.0 Å². The summed E-state index contributed by atoms with van der Waals surface area (Å²) >= 11 is 0. The SMILES string of the molecule is O=C(Cc1ccc2ccccc2c1)C1CC2COCC(C1)N2. The number of benzene rings is 2. The highest BCUT2D eigenvalue weighted by Gasteiger charge is 2.34. The van der Waals surface area contributed by atoms with Crippen LogP contribution in [0.2, 0.25) is 0 Å². The van der Waals surface area contributed by atoms with E-state index in [1.54, 1.807) is 0 Å². The van der Waals surface area contributed by atoms with Crippen molar-refractivity contribution in [2.24, 2.45) is 5.92 Å².